The number of allylic oxidation sites excluding steroid dienone is 1. The number of nitrogens with one attached hydrogen (secondary N) is 1. The van der Waals surface area contributed by atoms with Crippen molar-refractivity contribution in [2.75, 3.05) is 26.2 Å². The molecule has 4 aliphatic heterocycles. The number of urea groups is 1. The first kappa shape index (κ1) is 26.4. The number of amides is 3. The van der Waals surface area contributed by atoms with Gasteiger partial charge in [-0.05, 0) is 49.0 Å². The Kier molecular flexibility index (Phi) is 7.06. The van der Waals surface area contributed by atoms with Crippen LogP contribution in [0.25, 0.3) is 0 Å². The van der Waals surface area contributed by atoms with E-state index in [-0.39, 0.29) is 31.2 Å². The van der Waals surface area contributed by atoms with Gasteiger partial charge in [-0.15, -0.1) is 0 Å². The third-order valence-corrected chi connectivity index (χ3v) is 7.87. The van der Waals surface area contributed by atoms with Crippen LogP contribution in [-0.2, 0) is 29.1 Å². The summed E-state index contributed by atoms with van der Waals surface area (Å²) in [5.41, 5.74) is 4.08. The maximum atomic E-state index is 13.4. The number of benzene rings is 1. The predicted octanol–water partition coefficient (Wildman–Crippen LogP) is 3.48. The van der Waals surface area contributed by atoms with Gasteiger partial charge in [0, 0.05) is 59.7 Å². The summed E-state index contributed by atoms with van der Waals surface area (Å²) in [6, 6.07) is -0.0370. The Morgan fingerprint density at radius 2 is 1.92 bits per heavy atom. The minimum Gasteiger partial charge on any atom is -0.327 e. The molecule has 0 radical (unpaired) electrons. The average Bonchev–Trinajstić information content (AvgIpc) is 3.32. The number of likely N-dealkylation sites (tertiary alicyclic amines) is 1. The summed E-state index contributed by atoms with van der Waals surface area (Å²) in [5.74, 6) is -0.799. The number of halogens is 4. The number of piperidine rings is 1. The molecule has 12 heteroatoms. The molecular weight excluding hydrogens is 523 g/mol. The molecule has 5 rings (SSSR count). The van der Waals surface area contributed by atoms with Crippen LogP contribution in [-0.4, -0.2) is 77.8 Å². The largest absolute Gasteiger partial charge is 0.406 e. The van der Waals surface area contributed by atoms with Gasteiger partial charge < -0.3 is 15.1 Å². The molecule has 1 saturated heterocycles. The van der Waals surface area contributed by atoms with Crippen LogP contribution in [0.5, 0.6) is 0 Å². The molecule has 1 aromatic carbocycles. The highest BCUT2D eigenvalue weighted by Gasteiger charge is 2.40. The molecule has 0 spiro atoms. The van der Waals surface area contributed by atoms with Crippen LogP contribution in [0, 0.1) is 5.92 Å². The Hall–Kier alpha value is -3.21. The lowest BCUT2D eigenvalue weighted by Gasteiger charge is -2.34. The number of dihydropyridines is 1. The zero-order valence-corrected chi connectivity index (χ0v) is 21.5. The SMILES string of the molecule is CC1=NCC(=O)C(C2CCN(C(=O)NC3Cc4cc(Cl)c5c(c4CN(CC(F)(F)F)C3=O)C=NC5)CC2)=C1. The number of aliphatic imine (C=N–C) groups is 2. The third kappa shape index (κ3) is 5.34. The molecule has 1 fully saturated rings. The molecule has 1 atom stereocenters. The van der Waals surface area contributed by atoms with Gasteiger partial charge in [-0.2, -0.15) is 13.2 Å². The van der Waals surface area contributed by atoms with Crippen LogP contribution in [0.1, 0.15) is 42.0 Å². The lowest BCUT2D eigenvalue weighted by molar-refractivity contribution is -0.163. The topological polar surface area (TPSA) is 94.4 Å². The molecule has 38 heavy (non-hydrogen) atoms. The van der Waals surface area contributed by atoms with Gasteiger partial charge in [-0.1, -0.05) is 11.6 Å². The summed E-state index contributed by atoms with van der Waals surface area (Å²) in [7, 11) is 0. The van der Waals surface area contributed by atoms with Crippen molar-refractivity contribution in [3.05, 3.63) is 45.0 Å². The number of carbonyl (C=O) groups excluding carboxylic acids is 3. The second-order valence-electron chi connectivity index (χ2n) is 10.1. The number of Topliss-reactive ketones (excluding diaryl/α,β-unsaturated/α-hetero) is 1. The van der Waals surface area contributed by atoms with Crippen molar-refractivity contribution in [1.29, 1.82) is 0 Å². The molecule has 0 bridgehead atoms. The zero-order chi connectivity index (χ0) is 27.2. The van der Waals surface area contributed by atoms with Gasteiger partial charge >= 0.3 is 12.2 Å². The summed E-state index contributed by atoms with van der Waals surface area (Å²) in [4.78, 5) is 49.4. The van der Waals surface area contributed by atoms with Gasteiger partial charge in [0.05, 0.1) is 6.54 Å². The van der Waals surface area contributed by atoms with E-state index >= 15 is 0 Å². The van der Waals surface area contributed by atoms with Crippen molar-refractivity contribution in [3.8, 4) is 0 Å². The Labute approximate surface area is 222 Å². The number of hydrogen-bond donors (Lipinski definition) is 1. The Morgan fingerprint density at radius 3 is 2.63 bits per heavy atom. The number of carbonyl (C=O) groups is 3. The first-order valence-corrected chi connectivity index (χ1v) is 12.9. The van der Waals surface area contributed by atoms with E-state index in [9.17, 15) is 27.6 Å². The number of rotatable bonds is 3. The highest BCUT2D eigenvalue weighted by Crippen LogP contribution is 2.34. The minimum absolute atomic E-state index is 0.0107. The minimum atomic E-state index is -4.60. The first-order chi connectivity index (χ1) is 18.0. The Balaban J connectivity index is 1.33. The highest BCUT2D eigenvalue weighted by molar-refractivity contribution is 6.32. The lowest BCUT2D eigenvalue weighted by atomic mass is 9.85. The van der Waals surface area contributed by atoms with E-state index in [0.29, 0.717) is 54.2 Å². The summed E-state index contributed by atoms with van der Waals surface area (Å²) < 4.78 is 40.2. The molecule has 1 aromatic rings. The standard InChI is InChI=1S/C26H27ClF3N5O3/c1-14-6-17(23(36)11-32-14)15-2-4-34(5-3-15)25(38)33-22-8-16-7-21(27)19-10-31-9-18(19)20(16)12-35(24(22)37)13-26(28,29)30/h6-7,9,15,22H,2-5,8,10-13H2,1H3,(H,33,38). The van der Waals surface area contributed by atoms with Crippen molar-refractivity contribution in [2.45, 2.75) is 51.5 Å². The van der Waals surface area contributed by atoms with E-state index in [1.807, 2.05) is 6.92 Å². The summed E-state index contributed by atoms with van der Waals surface area (Å²) in [6.45, 7) is 1.35. The van der Waals surface area contributed by atoms with Crippen LogP contribution >= 0.6 is 11.6 Å². The second-order valence-corrected chi connectivity index (χ2v) is 10.5. The number of ketones is 1. The fourth-order valence-electron chi connectivity index (χ4n) is 5.60. The van der Waals surface area contributed by atoms with E-state index in [2.05, 4.69) is 15.3 Å². The van der Waals surface area contributed by atoms with Gasteiger partial charge in [-0.25, -0.2) is 4.79 Å². The van der Waals surface area contributed by atoms with Crippen LogP contribution in [0.15, 0.2) is 27.7 Å². The van der Waals surface area contributed by atoms with Crippen molar-refractivity contribution in [1.82, 2.24) is 15.1 Å². The van der Waals surface area contributed by atoms with Crippen molar-refractivity contribution < 1.29 is 27.6 Å². The van der Waals surface area contributed by atoms with E-state index in [1.165, 1.54) is 0 Å². The summed E-state index contributed by atoms with van der Waals surface area (Å²) in [6.07, 6.45) is -0.0585. The summed E-state index contributed by atoms with van der Waals surface area (Å²) >= 11 is 6.42. The molecular formula is C26H27ClF3N5O3. The quantitative estimate of drug-likeness (QED) is 0.625. The molecule has 0 aliphatic carbocycles. The Bertz CT molecular complexity index is 1280. The molecule has 8 nitrogen and oxygen atoms in total. The highest BCUT2D eigenvalue weighted by atomic mass is 35.5. The molecule has 4 heterocycles. The van der Waals surface area contributed by atoms with Crippen molar-refractivity contribution in [3.63, 3.8) is 0 Å². The predicted molar refractivity (Wildman–Crippen MR) is 136 cm³/mol. The maximum Gasteiger partial charge on any atom is 0.406 e. The second kappa shape index (κ2) is 10.2. The van der Waals surface area contributed by atoms with E-state index in [0.717, 1.165) is 21.7 Å². The molecule has 1 unspecified atom stereocenters. The zero-order valence-electron chi connectivity index (χ0n) is 20.8. The normalized spacial score (nSPS) is 22.1. The van der Waals surface area contributed by atoms with E-state index in [1.54, 1.807) is 23.3 Å². The third-order valence-electron chi connectivity index (χ3n) is 7.53. The molecule has 4 aliphatic rings. The maximum absolute atomic E-state index is 13.4. The van der Waals surface area contributed by atoms with Gasteiger partial charge in [0.2, 0.25) is 5.91 Å². The van der Waals surface area contributed by atoms with Gasteiger partial charge in [-0.3, -0.25) is 19.6 Å². The molecule has 0 aromatic heterocycles. The Morgan fingerprint density at radius 1 is 1.18 bits per heavy atom. The number of fused-ring (bicyclic) bond motifs is 3. The lowest BCUT2D eigenvalue weighted by Crippen LogP contribution is -2.54. The number of hydrogen-bond acceptors (Lipinski definition) is 5. The molecule has 1 N–H and O–H groups in total. The monoisotopic (exact) mass is 549 g/mol. The number of alkyl halides is 3. The van der Waals surface area contributed by atoms with Gasteiger partial charge in [0.25, 0.3) is 0 Å². The van der Waals surface area contributed by atoms with Crippen molar-refractivity contribution >= 4 is 41.2 Å². The fraction of sp³-hybridized carbons (Fsp3) is 0.500. The van der Waals surface area contributed by atoms with Crippen molar-refractivity contribution in [2.24, 2.45) is 15.9 Å². The fourth-order valence-corrected chi connectivity index (χ4v) is 5.90. The van der Waals surface area contributed by atoms with Gasteiger partial charge in [0.15, 0.2) is 5.78 Å². The van der Waals surface area contributed by atoms with Crippen LogP contribution < -0.4 is 5.32 Å². The average molecular weight is 550 g/mol. The van der Waals surface area contributed by atoms with Crippen LogP contribution in [0.4, 0.5) is 18.0 Å². The van der Waals surface area contributed by atoms with E-state index in [4.69, 9.17) is 11.6 Å². The molecule has 0 saturated carbocycles. The van der Waals surface area contributed by atoms with Gasteiger partial charge in [0.1, 0.15) is 19.1 Å². The smallest absolute Gasteiger partial charge is 0.327 e. The number of nitrogens with zero attached hydrogens (tertiary/aromatic N) is 4. The molecule has 3 amide bonds. The first-order valence-electron chi connectivity index (χ1n) is 12.5. The van der Waals surface area contributed by atoms with Crippen LogP contribution in [0.2, 0.25) is 5.02 Å². The van der Waals surface area contributed by atoms with Crippen LogP contribution in [0.3, 0.4) is 0 Å². The summed E-state index contributed by atoms with van der Waals surface area (Å²) in [5, 5.41) is 3.12. The molecule has 202 valence electrons. The van der Waals surface area contributed by atoms with E-state index < -0.39 is 30.7 Å².